The molecule has 0 aliphatic carbocycles. The quantitative estimate of drug-likeness (QED) is 0.552. The highest BCUT2D eigenvalue weighted by molar-refractivity contribution is 7.92. The SMILES string of the molecule is COCCNC(=O)c1ccccc1NC(=O)[C@H](C)N(c1cc(Cl)ccc1C)S(C)(=O)=O. The maximum absolute atomic E-state index is 13.0. The number of amides is 2. The van der Waals surface area contributed by atoms with Gasteiger partial charge < -0.3 is 15.4 Å². The lowest BCUT2D eigenvalue weighted by molar-refractivity contribution is -0.116. The van der Waals surface area contributed by atoms with E-state index >= 15 is 0 Å². The summed E-state index contributed by atoms with van der Waals surface area (Å²) in [7, 11) is -2.29. The first kappa shape index (κ1) is 24.6. The molecule has 0 heterocycles. The highest BCUT2D eigenvalue weighted by Gasteiger charge is 2.31. The van der Waals surface area contributed by atoms with Gasteiger partial charge >= 0.3 is 0 Å². The van der Waals surface area contributed by atoms with Crippen molar-refractivity contribution in [1.29, 1.82) is 0 Å². The van der Waals surface area contributed by atoms with Gasteiger partial charge in [0.1, 0.15) is 6.04 Å². The Kier molecular flexibility index (Phi) is 8.43. The van der Waals surface area contributed by atoms with Crippen LogP contribution in [-0.4, -0.2) is 52.8 Å². The standard InChI is InChI=1S/C21H26ClN3O5S/c1-14-9-10-16(22)13-19(14)25(31(4,28)29)15(2)20(26)24-18-8-6-5-7-17(18)21(27)23-11-12-30-3/h5-10,13,15H,11-12H2,1-4H3,(H,23,27)(H,24,26)/t15-/m0/s1. The van der Waals surface area contributed by atoms with Crippen molar-refractivity contribution >= 4 is 44.8 Å². The molecular weight excluding hydrogens is 442 g/mol. The number of benzene rings is 2. The van der Waals surface area contributed by atoms with Crippen LogP contribution in [0.1, 0.15) is 22.8 Å². The third-order valence-electron chi connectivity index (χ3n) is 4.52. The molecule has 0 unspecified atom stereocenters. The molecule has 0 fully saturated rings. The molecule has 0 radical (unpaired) electrons. The van der Waals surface area contributed by atoms with Crippen LogP contribution in [0.2, 0.25) is 5.02 Å². The molecule has 0 aromatic heterocycles. The molecule has 0 spiro atoms. The minimum absolute atomic E-state index is 0.254. The fraction of sp³-hybridized carbons (Fsp3) is 0.333. The van der Waals surface area contributed by atoms with Gasteiger partial charge in [0.05, 0.1) is 29.8 Å². The van der Waals surface area contributed by atoms with Gasteiger partial charge in [-0.15, -0.1) is 0 Å². The number of aryl methyl sites for hydroxylation is 1. The summed E-state index contributed by atoms with van der Waals surface area (Å²) in [4.78, 5) is 25.5. The molecule has 0 saturated carbocycles. The summed E-state index contributed by atoms with van der Waals surface area (Å²) in [5.74, 6) is -0.979. The second-order valence-electron chi connectivity index (χ2n) is 6.95. The second-order valence-corrected chi connectivity index (χ2v) is 9.25. The molecule has 0 bridgehead atoms. The fourth-order valence-electron chi connectivity index (χ4n) is 2.99. The number of halogens is 1. The Morgan fingerprint density at radius 1 is 1.19 bits per heavy atom. The normalized spacial score (nSPS) is 12.2. The predicted molar refractivity (Wildman–Crippen MR) is 122 cm³/mol. The Balaban J connectivity index is 2.32. The van der Waals surface area contributed by atoms with Crippen LogP contribution in [0.3, 0.4) is 0 Å². The number of para-hydroxylation sites is 1. The van der Waals surface area contributed by atoms with E-state index in [1.54, 1.807) is 43.3 Å². The van der Waals surface area contributed by atoms with E-state index in [1.165, 1.54) is 20.1 Å². The third-order valence-corrected chi connectivity index (χ3v) is 5.98. The number of nitrogens with one attached hydrogen (secondary N) is 2. The second kappa shape index (κ2) is 10.6. The third kappa shape index (κ3) is 6.43. The molecule has 0 aliphatic rings. The van der Waals surface area contributed by atoms with E-state index in [4.69, 9.17) is 16.3 Å². The van der Waals surface area contributed by atoms with Crippen molar-refractivity contribution in [1.82, 2.24) is 5.32 Å². The number of anilines is 2. The fourth-order valence-corrected chi connectivity index (χ4v) is 4.38. The van der Waals surface area contributed by atoms with Crippen LogP contribution in [-0.2, 0) is 19.6 Å². The van der Waals surface area contributed by atoms with Crippen LogP contribution in [0.5, 0.6) is 0 Å². The Bertz CT molecular complexity index is 1060. The molecule has 10 heteroatoms. The Hall–Kier alpha value is -2.62. The molecule has 0 saturated heterocycles. The molecule has 2 N–H and O–H groups in total. The van der Waals surface area contributed by atoms with Gasteiger partial charge in [0.2, 0.25) is 15.9 Å². The minimum atomic E-state index is -3.81. The molecule has 2 aromatic rings. The molecular formula is C21H26ClN3O5S. The molecule has 0 aliphatic heterocycles. The molecule has 1 atom stereocenters. The summed E-state index contributed by atoms with van der Waals surface area (Å²) in [6.45, 7) is 3.86. The number of carbonyl (C=O) groups excluding carboxylic acids is 2. The summed E-state index contributed by atoms with van der Waals surface area (Å²) >= 11 is 6.06. The Labute approximate surface area is 187 Å². The van der Waals surface area contributed by atoms with Crippen LogP contribution < -0.4 is 14.9 Å². The smallest absolute Gasteiger partial charge is 0.253 e. The van der Waals surface area contributed by atoms with E-state index in [1.807, 2.05) is 0 Å². The summed E-state index contributed by atoms with van der Waals surface area (Å²) in [6.07, 6.45) is 1.02. The van der Waals surface area contributed by atoms with Gasteiger partial charge in [-0.05, 0) is 43.7 Å². The Morgan fingerprint density at radius 3 is 2.52 bits per heavy atom. The van der Waals surface area contributed by atoms with E-state index in [9.17, 15) is 18.0 Å². The summed E-state index contributed by atoms with van der Waals surface area (Å²) in [6, 6.07) is 10.2. The highest BCUT2D eigenvalue weighted by atomic mass is 35.5. The number of methoxy groups -OCH3 is 1. The van der Waals surface area contributed by atoms with Crippen molar-refractivity contribution in [2.45, 2.75) is 19.9 Å². The zero-order valence-corrected chi connectivity index (χ0v) is 19.4. The summed E-state index contributed by atoms with van der Waals surface area (Å²) < 4.78 is 31.0. The van der Waals surface area contributed by atoms with Gasteiger partial charge in [-0.25, -0.2) is 8.42 Å². The van der Waals surface area contributed by atoms with E-state index in [0.717, 1.165) is 10.6 Å². The van der Waals surface area contributed by atoms with Crippen molar-refractivity contribution in [2.24, 2.45) is 0 Å². The summed E-state index contributed by atoms with van der Waals surface area (Å²) in [5.41, 5.74) is 1.48. The van der Waals surface area contributed by atoms with Gasteiger partial charge in [-0.2, -0.15) is 0 Å². The highest BCUT2D eigenvalue weighted by Crippen LogP contribution is 2.28. The van der Waals surface area contributed by atoms with Gasteiger partial charge in [0, 0.05) is 18.7 Å². The van der Waals surface area contributed by atoms with Gasteiger partial charge in [-0.1, -0.05) is 29.8 Å². The topological polar surface area (TPSA) is 105 Å². The number of sulfonamides is 1. The average molecular weight is 468 g/mol. The van der Waals surface area contributed by atoms with Crippen molar-refractivity contribution in [3.05, 3.63) is 58.6 Å². The number of nitrogens with zero attached hydrogens (tertiary/aromatic N) is 1. The number of carbonyl (C=O) groups is 2. The number of hydrogen-bond donors (Lipinski definition) is 2. The zero-order valence-electron chi connectivity index (χ0n) is 17.8. The average Bonchev–Trinajstić information content (AvgIpc) is 2.70. The van der Waals surface area contributed by atoms with E-state index in [0.29, 0.717) is 29.4 Å². The van der Waals surface area contributed by atoms with Crippen molar-refractivity contribution in [2.75, 3.05) is 36.1 Å². The van der Waals surface area contributed by atoms with Gasteiger partial charge in [0.15, 0.2) is 0 Å². The predicted octanol–water partition coefficient (Wildman–Crippen LogP) is 2.82. The lowest BCUT2D eigenvalue weighted by Crippen LogP contribution is -2.46. The van der Waals surface area contributed by atoms with E-state index in [-0.39, 0.29) is 17.2 Å². The summed E-state index contributed by atoms with van der Waals surface area (Å²) in [5, 5.41) is 5.71. The van der Waals surface area contributed by atoms with Gasteiger partial charge in [-0.3, -0.25) is 13.9 Å². The van der Waals surface area contributed by atoms with E-state index < -0.39 is 22.0 Å². The lowest BCUT2D eigenvalue weighted by atomic mass is 10.1. The van der Waals surface area contributed by atoms with Crippen molar-refractivity contribution < 1.29 is 22.7 Å². The van der Waals surface area contributed by atoms with Crippen LogP contribution >= 0.6 is 11.6 Å². The van der Waals surface area contributed by atoms with Gasteiger partial charge in [0.25, 0.3) is 5.91 Å². The maximum atomic E-state index is 13.0. The number of ether oxygens (including phenoxy) is 1. The number of rotatable bonds is 9. The van der Waals surface area contributed by atoms with Crippen LogP contribution in [0.15, 0.2) is 42.5 Å². The lowest BCUT2D eigenvalue weighted by Gasteiger charge is -2.29. The van der Waals surface area contributed by atoms with E-state index in [2.05, 4.69) is 10.6 Å². The first-order valence-corrected chi connectivity index (χ1v) is 11.7. The Morgan fingerprint density at radius 2 is 1.87 bits per heavy atom. The van der Waals surface area contributed by atoms with Crippen LogP contribution in [0.4, 0.5) is 11.4 Å². The monoisotopic (exact) mass is 467 g/mol. The molecule has 8 nitrogen and oxygen atoms in total. The largest absolute Gasteiger partial charge is 0.383 e. The molecule has 168 valence electrons. The van der Waals surface area contributed by atoms with Crippen molar-refractivity contribution in [3.8, 4) is 0 Å². The molecule has 2 amide bonds. The molecule has 2 rings (SSSR count). The first-order valence-electron chi connectivity index (χ1n) is 9.49. The van der Waals surface area contributed by atoms with Crippen LogP contribution in [0.25, 0.3) is 0 Å². The first-order chi connectivity index (χ1) is 14.6. The van der Waals surface area contributed by atoms with Crippen molar-refractivity contribution in [3.63, 3.8) is 0 Å². The molecule has 2 aromatic carbocycles. The molecule has 31 heavy (non-hydrogen) atoms. The van der Waals surface area contributed by atoms with Crippen LogP contribution in [0, 0.1) is 6.92 Å². The maximum Gasteiger partial charge on any atom is 0.253 e. The minimum Gasteiger partial charge on any atom is -0.383 e. The number of hydrogen-bond acceptors (Lipinski definition) is 5. The zero-order chi connectivity index (χ0) is 23.2.